The Kier molecular flexibility index (Phi) is 6.10. The zero-order chi connectivity index (χ0) is 19.5. The van der Waals surface area contributed by atoms with E-state index >= 15 is 0 Å². The number of allylic oxidation sites excluding steroid dienone is 2. The normalized spacial score (nSPS) is 24.7. The first-order chi connectivity index (χ1) is 12.1. The Hall–Kier alpha value is -2.31. The summed E-state index contributed by atoms with van der Waals surface area (Å²) < 4.78 is 5.19. The van der Waals surface area contributed by atoms with Gasteiger partial charge in [-0.05, 0) is 53.8 Å². The molecule has 7 heteroatoms. The van der Waals surface area contributed by atoms with Gasteiger partial charge in [-0.15, -0.1) is 0 Å². The van der Waals surface area contributed by atoms with Crippen molar-refractivity contribution in [3.05, 3.63) is 23.5 Å². The summed E-state index contributed by atoms with van der Waals surface area (Å²) in [5.74, 6) is 0.598. The highest BCUT2D eigenvalue weighted by atomic mass is 16.6. The molecule has 0 aliphatic carbocycles. The number of ether oxygens (including phenoxy) is 1. The molecule has 1 unspecified atom stereocenters. The Bertz CT molecular complexity index is 633. The topological polar surface area (TPSA) is 74.2 Å². The lowest BCUT2D eigenvalue weighted by atomic mass is 10.1. The van der Waals surface area contributed by atoms with Crippen molar-refractivity contribution in [2.24, 2.45) is 4.99 Å². The van der Waals surface area contributed by atoms with Crippen LogP contribution in [0.3, 0.4) is 0 Å². The van der Waals surface area contributed by atoms with Gasteiger partial charge in [-0.1, -0.05) is 6.08 Å². The minimum absolute atomic E-state index is 0.0245. The molecule has 26 heavy (non-hydrogen) atoms. The van der Waals surface area contributed by atoms with Crippen LogP contribution in [0.1, 0.15) is 41.0 Å². The van der Waals surface area contributed by atoms with E-state index in [1.54, 1.807) is 28.9 Å². The third kappa shape index (κ3) is 5.09. The number of hydrogen-bond donors (Lipinski definition) is 1. The standard InChI is InChI=1S/C19H30N4O3/c1-13(7-8-16(20-6)21-19(3,4)5)17(24)22-10-9-15(12-22)23-11-14(2)26-18(23)25/h7-8,14-15,21H,6,9-12H2,1-5H3/b13-7+,16-8+/t14?,15-/m0/s1. The molecule has 2 heterocycles. The van der Waals surface area contributed by atoms with Crippen molar-refractivity contribution in [1.29, 1.82) is 0 Å². The van der Waals surface area contributed by atoms with Crippen molar-refractivity contribution in [1.82, 2.24) is 15.1 Å². The largest absolute Gasteiger partial charge is 0.444 e. The third-order valence-electron chi connectivity index (χ3n) is 4.38. The summed E-state index contributed by atoms with van der Waals surface area (Å²) in [6.45, 7) is 15.1. The Morgan fingerprint density at radius 2 is 2.04 bits per heavy atom. The zero-order valence-electron chi connectivity index (χ0n) is 16.4. The molecule has 7 nitrogen and oxygen atoms in total. The molecule has 0 aromatic heterocycles. The van der Waals surface area contributed by atoms with Crippen molar-refractivity contribution in [2.75, 3.05) is 19.6 Å². The number of rotatable bonds is 5. The fourth-order valence-electron chi connectivity index (χ4n) is 3.15. The van der Waals surface area contributed by atoms with E-state index in [9.17, 15) is 9.59 Å². The van der Waals surface area contributed by atoms with Crippen LogP contribution < -0.4 is 5.32 Å². The molecule has 0 spiro atoms. The van der Waals surface area contributed by atoms with Crippen molar-refractivity contribution in [3.63, 3.8) is 0 Å². The Balaban J connectivity index is 1.98. The van der Waals surface area contributed by atoms with Crippen LogP contribution in [-0.2, 0) is 9.53 Å². The van der Waals surface area contributed by atoms with Crippen molar-refractivity contribution in [2.45, 2.75) is 58.7 Å². The van der Waals surface area contributed by atoms with Crippen molar-refractivity contribution in [3.8, 4) is 0 Å². The number of nitrogens with zero attached hydrogens (tertiary/aromatic N) is 3. The van der Waals surface area contributed by atoms with E-state index in [-0.39, 0.29) is 29.7 Å². The highest BCUT2D eigenvalue weighted by Gasteiger charge is 2.38. The van der Waals surface area contributed by atoms with Crippen molar-refractivity contribution >= 4 is 18.7 Å². The second-order valence-electron chi connectivity index (χ2n) is 7.98. The highest BCUT2D eigenvalue weighted by molar-refractivity contribution is 5.93. The maximum atomic E-state index is 12.7. The molecule has 2 aliphatic heterocycles. The lowest BCUT2D eigenvalue weighted by Crippen LogP contribution is -2.39. The minimum atomic E-state index is -0.276. The number of aliphatic imine (C=N–C) groups is 1. The number of likely N-dealkylation sites (tertiary alicyclic amines) is 1. The molecule has 0 radical (unpaired) electrons. The average molecular weight is 362 g/mol. The molecule has 0 bridgehead atoms. The third-order valence-corrected chi connectivity index (χ3v) is 4.38. The van der Waals surface area contributed by atoms with Crippen LogP contribution in [0.25, 0.3) is 0 Å². The fourth-order valence-corrected chi connectivity index (χ4v) is 3.15. The van der Waals surface area contributed by atoms with Gasteiger partial charge in [0.05, 0.1) is 12.6 Å². The summed E-state index contributed by atoms with van der Waals surface area (Å²) in [4.78, 5) is 32.0. The van der Waals surface area contributed by atoms with Gasteiger partial charge in [-0.25, -0.2) is 9.79 Å². The van der Waals surface area contributed by atoms with E-state index < -0.39 is 0 Å². The van der Waals surface area contributed by atoms with Crippen LogP contribution in [0.5, 0.6) is 0 Å². The average Bonchev–Trinajstić information content (AvgIpc) is 3.15. The summed E-state index contributed by atoms with van der Waals surface area (Å²) in [5, 5.41) is 3.23. The zero-order valence-corrected chi connectivity index (χ0v) is 16.4. The maximum Gasteiger partial charge on any atom is 0.410 e. The van der Waals surface area contributed by atoms with Crippen LogP contribution >= 0.6 is 0 Å². The highest BCUT2D eigenvalue weighted by Crippen LogP contribution is 2.22. The summed E-state index contributed by atoms with van der Waals surface area (Å²) in [5.41, 5.74) is 0.488. The maximum absolute atomic E-state index is 12.7. The fraction of sp³-hybridized carbons (Fsp3) is 0.632. The van der Waals surface area contributed by atoms with Crippen molar-refractivity contribution < 1.29 is 14.3 Å². The first-order valence-corrected chi connectivity index (χ1v) is 9.00. The van der Waals surface area contributed by atoms with E-state index in [1.165, 1.54) is 0 Å². The van der Waals surface area contributed by atoms with E-state index in [0.29, 0.717) is 31.0 Å². The molecule has 2 rings (SSSR count). The number of nitrogens with one attached hydrogen (secondary N) is 1. The Morgan fingerprint density at radius 1 is 1.35 bits per heavy atom. The predicted octanol–water partition coefficient (Wildman–Crippen LogP) is 2.30. The number of hydrogen-bond acceptors (Lipinski definition) is 5. The smallest absolute Gasteiger partial charge is 0.410 e. The SMILES string of the molecule is C=N/C(=C\C=C(/C)C(=O)N1CC[C@H](N2CC(C)OC2=O)C1)NC(C)(C)C. The molecule has 2 aliphatic rings. The monoisotopic (exact) mass is 362 g/mol. The quantitative estimate of drug-likeness (QED) is 0.463. The molecule has 144 valence electrons. The Labute approximate surface area is 155 Å². The lowest BCUT2D eigenvalue weighted by Gasteiger charge is -2.22. The summed E-state index contributed by atoms with van der Waals surface area (Å²) >= 11 is 0. The second kappa shape index (κ2) is 7.93. The van der Waals surface area contributed by atoms with Gasteiger partial charge >= 0.3 is 6.09 Å². The molecular formula is C19H30N4O3. The molecule has 2 amide bonds. The van der Waals surface area contributed by atoms with Gasteiger partial charge in [-0.3, -0.25) is 9.69 Å². The predicted molar refractivity (Wildman–Crippen MR) is 102 cm³/mol. The van der Waals surface area contributed by atoms with E-state index in [4.69, 9.17) is 4.74 Å². The van der Waals surface area contributed by atoms with Gasteiger partial charge in [0.25, 0.3) is 0 Å². The van der Waals surface area contributed by atoms with E-state index in [2.05, 4.69) is 17.0 Å². The number of cyclic esters (lactones) is 1. The van der Waals surface area contributed by atoms with E-state index in [1.807, 2.05) is 27.7 Å². The van der Waals surface area contributed by atoms with Crippen LogP contribution in [0.15, 0.2) is 28.5 Å². The van der Waals surface area contributed by atoms with Gasteiger partial charge in [0.1, 0.15) is 11.9 Å². The molecule has 0 aromatic carbocycles. The number of carbonyl (C=O) groups is 2. The first kappa shape index (κ1) is 20.0. The van der Waals surface area contributed by atoms with Crippen LogP contribution in [-0.4, -0.2) is 65.8 Å². The number of carbonyl (C=O) groups excluding carboxylic acids is 2. The van der Waals surface area contributed by atoms with Crippen LogP contribution in [0.4, 0.5) is 4.79 Å². The number of amides is 2. The molecule has 1 N–H and O–H groups in total. The van der Waals surface area contributed by atoms with Gasteiger partial charge in [0.15, 0.2) is 0 Å². The molecule has 0 aromatic rings. The summed E-state index contributed by atoms with van der Waals surface area (Å²) in [7, 11) is 0. The lowest BCUT2D eigenvalue weighted by molar-refractivity contribution is -0.126. The van der Waals surface area contributed by atoms with Gasteiger partial charge in [0, 0.05) is 24.2 Å². The molecule has 2 fully saturated rings. The van der Waals surface area contributed by atoms with Gasteiger partial charge < -0.3 is 15.0 Å². The van der Waals surface area contributed by atoms with E-state index in [0.717, 1.165) is 6.42 Å². The van der Waals surface area contributed by atoms with Crippen LogP contribution in [0, 0.1) is 0 Å². The molecular weight excluding hydrogens is 332 g/mol. The second-order valence-corrected chi connectivity index (χ2v) is 7.98. The first-order valence-electron chi connectivity index (χ1n) is 9.00. The molecule has 0 saturated carbocycles. The molecule has 2 atom stereocenters. The summed E-state index contributed by atoms with van der Waals surface area (Å²) in [6.07, 6.45) is 3.94. The summed E-state index contributed by atoms with van der Waals surface area (Å²) in [6, 6.07) is 0.0349. The van der Waals surface area contributed by atoms with Gasteiger partial charge in [0.2, 0.25) is 5.91 Å². The van der Waals surface area contributed by atoms with Crippen LogP contribution in [0.2, 0.25) is 0 Å². The molecule has 2 saturated heterocycles. The van der Waals surface area contributed by atoms with Gasteiger partial charge in [-0.2, -0.15) is 0 Å². The minimum Gasteiger partial charge on any atom is -0.444 e. The Morgan fingerprint density at radius 3 is 2.58 bits per heavy atom.